The fourth-order valence-corrected chi connectivity index (χ4v) is 4.50. The van der Waals surface area contributed by atoms with Gasteiger partial charge in [0.25, 0.3) is 0 Å². The summed E-state index contributed by atoms with van der Waals surface area (Å²) >= 11 is 0. The molecule has 4 rings (SSSR count). The predicted octanol–water partition coefficient (Wildman–Crippen LogP) is 5.08. The quantitative estimate of drug-likeness (QED) is 0.623. The van der Waals surface area contributed by atoms with Gasteiger partial charge in [0.2, 0.25) is 5.91 Å². The van der Waals surface area contributed by atoms with Gasteiger partial charge in [-0.15, -0.1) is 0 Å². The van der Waals surface area contributed by atoms with Crippen LogP contribution in [0.25, 0.3) is 10.9 Å². The molecule has 0 aliphatic carbocycles. The molecular weight excluding hydrogens is 332 g/mol. The minimum absolute atomic E-state index is 0.173. The Morgan fingerprint density at radius 3 is 2.41 bits per heavy atom. The third-order valence-electron chi connectivity index (χ3n) is 6.11. The SMILES string of the molecule is C[C@@H](c1ccccc1)[C@H](CC(=O)N1CCCC1)c1cn(C)c2ccccc12. The second-order valence-corrected chi connectivity index (χ2v) is 7.81. The largest absolute Gasteiger partial charge is 0.350 e. The maximum atomic E-state index is 13.0. The average molecular weight is 361 g/mol. The summed E-state index contributed by atoms with van der Waals surface area (Å²) in [5.74, 6) is 0.753. The Bertz CT molecular complexity index is 922. The summed E-state index contributed by atoms with van der Waals surface area (Å²) in [6.07, 6.45) is 5.08. The van der Waals surface area contributed by atoms with E-state index in [9.17, 15) is 4.79 Å². The van der Waals surface area contributed by atoms with E-state index in [1.165, 1.54) is 22.0 Å². The summed E-state index contributed by atoms with van der Waals surface area (Å²) in [6, 6.07) is 19.1. The lowest BCUT2D eigenvalue weighted by atomic mass is 9.80. The monoisotopic (exact) mass is 360 g/mol. The van der Waals surface area contributed by atoms with Crippen LogP contribution in [0.5, 0.6) is 0 Å². The van der Waals surface area contributed by atoms with Gasteiger partial charge < -0.3 is 9.47 Å². The van der Waals surface area contributed by atoms with Crippen molar-refractivity contribution in [3.63, 3.8) is 0 Å². The molecule has 3 heteroatoms. The molecule has 0 bridgehead atoms. The van der Waals surface area contributed by atoms with E-state index in [1.807, 2.05) is 0 Å². The third kappa shape index (κ3) is 3.51. The predicted molar refractivity (Wildman–Crippen MR) is 111 cm³/mol. The van der Waals surface area contributed by atoms with Gasteiger partial charge in [0, 0.05) is 49.6 Å². The first-order valence-electron chi connectivity index (χ1n) is 10.0. The van der Waals surface area contributed by atoms with Gasteiger partial charge in [0.15, 0.2) is 0 Å². The highest BCUT2D eigenvalue weighted by molar-refractivity contribution is 5.86. The van der Waals surface area contributed by atoms with E-state index in [0.29, 0.717) is 12.3 Å². The number of fused-ring (bicyclic) bond motifs is 1. The maximum Gasteiger partial charge on any atom is 0.223 e. The number of benzene rings is 2. The minimum atomic E-state index is 0.173. The molecule has 27 heavy (non-hydrogen) atoms. The Kier molecular flexibility index (Phi) is 5.02. The zero-order chi connectivity index (χ0) is 18.8. The van der Waals surface area contributed by atoms with Crippen molar-refractivity contribution in [3.8, 4) is 0 Å². The summed E-state index contributed by atoms with van der Waals surface area (Å²) in [4.78, 5) is 15.1. The highest BCUT2D eigenvalue weighted by atomic mass is 16.2. The van der Waals surface area contributed by atoms with E-state index in [2.05, 4.69) is 84.2 Å². The Morgan fingerprint density at radius 1 is 1.00 bits per heavy atom. The van der Waals surface area contributed by atoms with Crippen LogP contribution < -0.4 is 0 Å². The van der Waals surface area contributed by atoms with Crippen LogP contribution in [0, 0.1) is 0 Å². The molecule has 140 valence electrons. The Balaban J connectivity index is 1.74. The highest BCUT2D eigenvalue weighted by Crippen LogP contribution is 2.40. The molecule has 2 aromatic carbocycles. The van der Waals surface area contributed by atoms with Crippen LogP contribution in [0.3, 0.4) is 0 Å². The summed E-state index contributed by atoms with van der Waals surface area (Å²) in [5, 5.41) is 1.27. The average Bonchev–Trinajstić information content (AvgIpc) is 3.35. The Labute approximate surface area is 161 Å². The summed E-state index contributed by atoms with van der Waals surface area (Å²) in [5.41, 5.74) is 3.81. The van der Waals surface area contributed by atoms with Gasteiger partial charge in [-0.3, -0.25) is 4.79 Å². The van der Waals surface area contributed by atoms with Crippen molar-refractivity contribution in [2.45, 2.75) is 38.0 Å². The number of likely N-dealkylation sites (tertiary alicyclic amines) is 1. The lowest BCUT2D eigenvalue weighted by Gasteiger charge is -2.26. The van der Waals surface area contributed by atoms with E-state index >= 15 is 0 Å². The van der Waals surface area contributed by atoms with E-state index in [0.717, 1.165) is 25.9 Å². The van der Waals surface area contributed by atoms with Crippen molar-refractivity contribution < 1.29 is 4.79 Å². The first-order chi connectivity index (χ1) is 13.1. The normalized spacial score (nSPS) is 16.6. The number of rotatable bonds is 5. The molecule has 3 aromatic rings. The Morgan fingerprint density at radius 2 is 1.67 bits per heavy atom. The summed E-state index contributed by atoms with van der Waals surface area (Å²) in [7, 11) is 2.10. The van der Waals surface area contributed by atoms with E-state index in [1.54, 1.807) is 0 Å². The van der Waals surface area contributed by atoms with Gasteiger partial charge in [0.1, 0.15) is 0 Å². The van der Waals surface area contributed by atoms with Crippen molar-refractivity contribution in [1.29, 1.82) is 0 Å². The molecule has 1 aromatic heterocycles. The molecule has 0 radical (unpaired) electrons. The van der Waals surface area contributed by atoms with Gasteiger partial charge in [-0.25, -0.2) is 0 Å². The van der Waals surface area contributed by atoms with Crippen LogP contribution in [0.15, 0.2) is 60.8 Å². The number of carbonyl (C=O) groups excluding carboxylic acids is 1. The van der Waals surface area contributed by atoms with Crippen LogP contribution >= 0.6 is 0 Å². The standard InChI is InChI=1S/C24H28N2O/c1-18(19-10-4-3-5-11-19)21(16-24(27)26-14-8-9-15-26)22-17-25(2)23-13-7-6-12-20(22)23/h3-7,10-13,17-18,21H,8-9,14-16H2,1-2H3/t18-,21-/m0/s1. The van der Waals surface area contributed by atoms with Gasteiger partial charge in [-0.1, -0.05) is 55.5 Å². The van der Waals surface area contributed by atoms with Crippen LogP contribution in [0.1, 0.15) is 49.1 Å². The van der Waals surface area contributed by atoms with Gasteiger partial charge >= 0.3 is 0 Å². The first kappa shape index (κ1) is 17.8. The Hall–Kier alpha value is -2.55. The lowest BCUT2D eigenvalue weighted by Crippen LogP contribution is -2.29. The van der Waals surface area contributed by atoms with E-state index in [-0.39, 0.29) is 11.8 Å². The topological polar surface area (TPSA) is 25.2 Å². The van der Waals surface area contributed by atoms with Crippen molar-refractivity contribution in [3.05, 3.63) is 71.9 Å². The summed E-state index contributed by atoms with van der Waals surface area (Å²) in [6.45, 7) is 4.10. The van der Waals surface area contributed by atoms with Gasteiger partial charge in [-0.2, -0.15) is 0 Å². The number of nitrogens with zero attached hydrogens (tertiary/aromatic N) is 2. The maximum absolute atomic E-state index is 13.0. The van der Waals surface area contributed by atoms with Crippen molar-refractivity contribution >= 4 is 16.8 Å². The zero-order valence-corrected chi connectivity index (χ0v) is 16.3. The first-order valence-corrected chi connectivity index (χ1v) is 10.0. The summed E-state index contributed by atoms with van der Waals surface area (Å²) < 4.78 is 2.19. The third-order valence-corrected chi connectivity index (χ3v) is 6.11. The van der Waals surface area contributed by atoms with Gasteiger partial charge in [-0.05, 0) is 36.0 Å². The number of para-hydroxylation sites is 1. The molecule has 2 heterocycles. The number of aromatic nitrogens is 1. The number of carbonyl (C=O) groups is 1. The molecule has 1 aliphatic rings. The zero-order valence-electron chi connectivity index (χ0n) is 16.3. The van der Waals surface area contributed by atoms with Crippen molar-refractivity contribution in [2.75, 3.05) is 13.1 Å². The number of amides is 1. The molecule has 2 atom stereocenters. The van der Waals surface area contributed by atoms with Crippen LogP contribution in [0.2, 0.25) is 0 Å². The van der Waals surface area contributed by atoms with Crippen LogP contribution in [-0.4, -0.2) is 28.5 Å². The fourth-order valence-electron chi connectivity index (χ4n) is 4.50. The molecular formula is C24H28N2O. The molecule has 0 saturated carbocycles. The molecule has 3 nitrogen and oxygen atoms in total. The fraction of sp³-hybridized carbons (Fsp3) is 0.375. The number of hydrogen-bond donors (Lipinski definition) is 0. The molecule has 1 aliphatic heterocycles. The van der Waals surface area contributed by atoms with Crippen LogP contribution in [0.4, 0.5) is 0 Å². The van der Waals surface area contributed by atoms with Crippen molar-refractivity contribution in [1.82, 2.24) is 9.47 Å². The molecule has 1 saturated heterocycles. The molecule has 1 fully saturated rings. The number of aryl methyl sites for hydroxylation is 1. The molecule has 0 spiro atoms. The van der Waals surface area contributed by atoms with E-state index in [4.69, 9.17) is 0 Å². The van der Waals surface area contributed by atoms with Crippen LogP contribution in [-0.2, 0) is 11.8 Å². The van der Waals surface area contributed by atoms with E-state index < -0.39 is 0 Å². The highest BCUT2D eigenvalue weighted by Gasteiger charge is 2.29. The second-order valence-electron chi connectivity index (χ2n) is 7.81. The van der Waals surface area contributed by atoms with Gasteiger partial charge in [0.05, 0.1) is 0 Å². The lowest BCUT2D eigenvalue weighted by molar-refractivity contribution is -0.130. The molecule has 0 unspecified atom stereocenters. The minimum Gasteiger partial charge on any atom is -0.350 e. The number of hydrogen-bond acceptors (Lipinski definition) is 1. The smallest absolute Gasteiger partial charge is 0.223 e. The molecule has 0 N–H and O–H groups in total. The molecule has 1 amide bonds. The van der Waals surface area contributed by atoms with Crippen molar-refractivity contribution in [2.24, 2.45) is 7.05 Å². The second kappa shape index (κ2) is 7.59.